The number of imide groups is 2. The van der Waals surface area contributed by atoms with Crippen molar-refractivity contribution >= 4 is 93.8 Å². The van der Waals surface area contributed by atoms with E-state index in [2.05, 4.69) is 51.8 Å². The highest BCUT2D eigenvalue weighted by atomic mass is 32.1. The summed E-state index contributed by atoms with van der Waals surface area (Å²) in [6.07, 6.45) is -1.79. The lowest BCUT2D eigenvalue weighted by atomic mass is 9.86. The van der Waals surface area contributed by atoms with Gasteiger partial charge in [-0.05, 0) is 103 Å². The molecule has 3 aromatic carbocycles. The van der Waals surface area contributed by atoms with Gasteiger partial charge in [0.25, 0.3) is 24.1 Å². The third-order valence-corrected chi connectivity index (χ3v) is 20.4. The summed E-state index contributed by atoms with van der Waals surface area (Å²) >= 11 is 0.812. The maximum atomic E-state index is 14.9. The van der Waals surface area contributed by atoms with Gasteiger partial charge in [0.1, 0.15) is 30.2 Å². The number of hydrogen-bond donors (Lipinski definition) is 7. The normalized spacial score (nSPS) is 22.2. The predicted molar refractivity (Wildman–Crippen MR) is 327 cm³/mol. The molecule has 1 aromatic heterocycles. The number of hydrogen-bond acceptors (Lipinski definition) is 15. The smallest absolute Gasteiger partial charge is 0.370 e. The van der Waals surface area contributed by atoms with Crippen LogP contribution in [0.3, 0.4) is 0 Å². The molecule has 4 aromatic rings. The Labute approximate surface area is 531 Å². The van der Waals surface area contributed by atoms with E-state index in [4.69, 9.17) is 5.73 Å². The molecular formula is C62H74F4N11O13PS. The molecule has 10 rings (SSSR count). The first-order valence-electron chi connectivity index (χ1n) is 30.7. The summed E-state index contributed by atoms with van der Waals surface area (Å²) in [6, 6.07) is 9.50. The lowest BCUT2D eigenvalue weighted by Gasteiger charge is -2.44. The summed E-state index contributed by atoms with van der Waals surface area (Å²) in [5.74, 6) is -6.86. The van der Waals surface area contributed by atoms with Crippen LogP contribution in [0.1, 0.15) is 126 Å². The number of fused-ring (bicyclic) bond motifs is 3. The van der Waals surface area contributed by atoms with Gasteiger partial charge >= 0.3 is 13.3 Å². The first-order chi connectivity index (χ1) is 43.4. The largest absolute Gasteiger partial charge is 0.399 e. The molecule has 494 valence electrons. The second-order valence-corrected chi connectivity index (χ2v) is 28.2. The number of piperidine rings is 2. The lowest BCUT2D eigenvalue weighted by molar-refractivity contribution is -0.144. The number of amides is 10. The summed E-state index contributed by atoms with van der Waals surface area (Å²) < 4.78 is 69.1. The van der Waals surface area contributed by atoms with Gasteiger partial charge < -0.3 is 46.2 Å². The molecule has 5 fully saturated rings. The van der Waals surface area contributed by atoms with Crippen molar-refractivity contribution in [2.45, 2.75) is 145 Å². The number of nitrogens with zero attached hydrogens (tertiary/aromatic N) is 6. The number of nitrogens with one attached hydrogen (secondary N) is 4. The van der Waals surface area contributed by atoms with Crippen molar-refractivity contribution in [3.8, 4) is 0 Å². The lowest BCUT2D eigenvalue weighted by Crippen LogP contribution is -2.62. The number of thiophene rings is 1. The van der Waals surface area contributed by atoms with Crippen molar-refractivity contribution in [2.75, 3.05) is 63.8 Å². The van der Waals surface area contributed by atoms with E-state index in [-0.39, 0.29) is 101 Å². The van der Waals surface area contributed by atoms with E-state index in [0.29, 0.717) is 52.1 Å². The van der Waals surface area contributed by atoms with Gasteiger partial charge in [-0.15, -0.1) is 11.3 Å². The van der Waals surface area contributed by atoms with Crippen molar-refractivity contribution in [1.82, 2.24) is 45.8 Å². The van der Waals surface area contributed by atoms with E-state index >= 15 is 0 Å². The highest BCUT2D eigenvalue weighted by Gasteiger charge is 2.51. The highest BCUT2D eigenvalue weighted by molar-refractivity contribution is 7.52. The summed E-state index contributed by atoms with van der Waals surface area (Å²) in [4.78, 5) is 165. The van der Waals surface area contributed by atoms with Gasteiger partial charge in [0, 0.05) is 99.7 Å². The number of benzene rings is 3. The predicted octanol–water partition coefficient (Wildman–Crippen LogP) is 3.55. The molecule has 0 saturated carbocycles. The molecule has 6 aliphatic rings. The fourth-order valence-electron chi connectivity index (χ4n) is 13.2. The van der Waals surface area contributed by atoms with E-state index in [0.717, 1.165) is 51.3 Å². The van der Waals surface area contributed by atoms with Gasteiger partial charge in [0.15, 0.2) is 0 Å². The highest BCUT2D eigenvalue weighted by Crippen LogP contribution is 2.59. The third-order valence-electron chi connectivity index (χ3n) is 18.3. The number of piperazine rings is 1. The number of likely N-dealkylation sites (tertiary alicyclic amines) is 1. The standard InChI is InChI=1S/C62H74F4N11O13PS/c1-61(2,3)36-6-4-34(5-7-36)28-44(59(86)75-22-19-38(20-23-75)73-24-26-74(27-25-73)40-9-11-41-42(31-40)58(85)77(57(41)84)47-14-17-52(79)71-55(47)82)69-53(80)43(12-16-51(67)78)68-54(81)46-13-10-39-18-21-72(33-50(63)64)32-45(60(87)76(39)46)70-56(83)49-30-35-29-37(8-15-48(35)92-49)62(65,66)91(88,89)90/h4-9,11,15,29-31,38-39,43-47,50H,10,12-14,16-28,32-33H2,1-3H3,(H2,67,78)(H,68,81)(H,69,80)(H,70,83)(H,71,79,82)(H2,88,89,90)/t39-,43+,44+,45+,46+,47?/m1/s1. The molecule has 8 N–H and O–H groups in total. The minimum absolute atomic E-state index is 0.00773. The van der Waals surface area contributed by atoms with Gasteiger partial charge in [0.2, 0.25) is 41.4 Å². The zero-order valence-corrected chi connectivity index (χ0v) is 52.6. The number of alkyl halides is 4. The Bertz CT molecular complexity index is 3630. The molecule has 6 atom stereocenters. The molecular weight excluding hydrogens is 1250 g/mol. The molecule has 10 amide bonds. The van der Waals surface area contributed by atoms with Gasteiger partial charge in [-0.3, -0.25) is 72.5 Å². The first kappa shape index (κ1) is 67.2. The van der Waals surface area contributed by atoms with Crippen LogP contribution in [0.15, 0.2) is 66.7 Å². The molecule has 1 unspecified atom stereocenters. The maximum Gasteiger partial charge on any atom is 0.399 e. The van der Waals surface area contributed by atoms with Crippen LogP contribution < -0.4 is 31.9 Å². The summed E-state index contributed by atoms with van der Waals surface area (Å²) in [7, 11) is -5.94. The van der Waals surface area contributed by atoms with Crippen molar-refractivity contribution < 1.29 is 79.9 Å². The topological polar surface area (TPSA) is 322 Å². The van der Waals surface area contributed by atoms with Crippen molar-refractivity contribution in [2.24, 2.45) is 5.73 Å². The third kappa shape index (κ3) is 14.6. The molecule has 6 aliphatic heterocycles. The molecule has 92 heavy (non-hydrogen) atoms. The fourth-order valence-corrected chi connectivity index (χ4v) is 14.7. The minimum atomic E-state index is -5.94. The van der Waals surface area contributed by atoms with Crippen molar-refractivity contribution in [3.63, 3.8) is 0 Å². The molecule has 5 saturated heterocycles. The van der Waals surface area contributed by atoms with Crippen LogP contribution in [-0.2, 0) is 55.6 Å². The van der Waals surface area contributed by atoms with Crippen LogP contribution in [0.5, 0.6) is 0 Å². The maximum absolute atomic E-state index is 14.9. The average molecular weight is 1320 g/mol. The SMILES string of the molecule is CC(C)(C)c1ccc(C[C@H](NC(=O)[C@H](CCC(N)=O)NC(=O)[C@@H]2CC[C@@H]3CCN(CC(F)F)C[C@H](NC(=O)c4cc5cc(C(F)(F)P(=O)(O)O)ccc5s4)C(=O)N32)C(=O)N2CCC(N3CCN(c4ccc5c(c4)C(=O)N(C4CCC(=O)NC4=O)C5=O)CC3)CC2)cc1. The van der Waals surface area contributed by atoms with Crippen molar-refractivity contribution in [3.05, 3.63) is 99.4 Å². The molecule has 0 spiro atoms. The number of carbonyl (C=O) groups excluding carboxylic acids is 10. The van der Waals surface area contributed by atoms with Gasteiger partial charge in [-0.25, -0.2) is 8.78 Å². The van der Waals surface area contributed by atoms with Crippen molar-refractivity contribution in [1.29, 1.82) is 0 Å². The second-order valence-electron chi connectivity index (χ2n) is 25.4. The number of primary amides is 1. The second kappa shape index (κ2) is 27.1. The van der Waals surface area contributed by atoms with E-state index in [1.165, 1.54) is 15.9 Å². The summed E-state index contributed by atoms with van der Waals surface area (Å²) in [5, 5.41) is 10.4. The summed E-state index contributed by atoms with van der Waals surface area (Å²) in [5.41, 5.74) is 2.71. The molecule has 0 radical (unpaired) electrons. The number of carbonyl (C=O) groups is 10. The minimum Gasteiger partial charge on any atom is -0.370 e. The molecule has 0 bridgehead atoms. The van der Waals surface area contributed by atoms with Crippen LogP contribution in [0, 0.1) is 0 Å². The summed E-state index contributed by atoms with van der Waals surface area (Å²) in [6.45, 7) is 8.16. The van der Waals surface area contributed by atoms with Gasteiger partial charge in [-0.2, -0.15) is 8.78 Å². The van der Waals surface area contributed by atoms with Crippen LogP contribution in [0.2, 0.25) is 0 Å². The van der Waals surface area contributed by atoms with E-state index in [1.54, 1.807) is 23.1 Å². The number of rotatable bonds is 19. The Kier molecular flexibility index (Phi) is 19.8. The quantitative estimate of drug-likeness (QED) is 0.0401. The number of anilines is 1. The van der Waals surface area contributed by atoms with E-state index in [1.807, 2.05) is 24.3 Å². The zero-order chi connectivity index (χ0) is 66.3. The monoisotopic (exact) mass is 1320 g/mol. The fraction of sp³-hybridized carbons (Fsp3) is 0.516. The number of nitrogens with two attached hydrogens (primary N) is 1. The number of halogens is 4. The molecule has 24 nitrogen and oxygen atoms in total. The Hall–Kier alpha value is -7.69. The van der Waals surface area contributed by atoms with Crippen LogP contribution in [0.25, 0.3) is 10.1 Å². The average Bonchev–Trinajstić information content (AvgIpc) is 1.62. The van der Waals surface area contributed by atoms with Crippen LogP contribution >= 0.6 is 18.9 Å². The first-order valence-corrected chi connectivity index (χ1v) is 33.1. The molecule has 0 aliphatic carbocycles. The van der Waals surface area contributed by atoms with Gasteiger partial charge in [-0.1, -0.05) is 51.1 Å². The van der Waals surface area contributed by atoms with Crippen LogP contribution in [0.4, 0.5) is 23.2 Å². The Morgan fingerprint density at radius 2 is 1.45 bits per heavy atom. The van der Waals surface area contributed by atoms with Gasteiger partial charge in [0.05, 0.1) is 22.5 Å². The Morgan fingerprint density at radius 1 is 0.772 bits per heavy atom. The zero-order valence-electron chi connectivity index (χ0n) is 50.9. The van der Waals surface area contributed by atoms with E-state index < -0.39 is 128 Å². The Balaban J connectivity index is 0.809. The van der Waals surface area contributed by atoms with E-state index in [9.17, 15) is 79.9 Å². The van der Waals surface area contributed by atoms with Crippen LogP contribution in [-0.4, -0.2) is 201 Å². The Morgan fingerprint density at radius 3 is 2.10 bits per heavy atom. The molecule has 7 heterocycles. The molecule has 30 heteroatoms.